The fraction of sp³-hybridized carbons (Fsp3) is 0.220. The summed E-state index contributed by atoms with van der Waals surface area (Å²) in [5.41, 5.74) is 44.6. The van der Waals surface area contributed by atoms with Gasteiger partial charge in [-0.15, -0.1) is 61.2 Å². The number of nitrogens with zero attached hydrogens (tertiary/aromatic N) is 17. The molecule has 0 radical (unpaired) electrons. The summed E-state index contributed by atoms with van der Waals surface area (Å²) in [6.07, 6.45) is 0. The largest absolute Gasteiger partial charge is 0.421 e. The molecule has 728 valence electrons. The second kappa shape index (κ2) is 44.0. The van der Waals surface area contributed by atoms with Crippen LogP contribution in [0.25, 0.3) is 96.0 Å². The quantitative estimate of drug-likeness (QED) is 0.0822. The Morgan fingerprint density at radius 1 is 0.214 bits per heavy atom. The van der Waals surface area contributed by atoms with Crippen LogP contribution in [0, 0.1) is 166 Å². The monoisotopic (exact) mass is 1910 g/mol. The zero-order valence-electron chi connectivity index (χ0n) is 88.5. The van der Waals surface area contributed by atoms with Crippen LogP contribution in [-0.4, -0.2) is 92.9 Å². The van der Waals surface area contributed by atoms with Crippen molar-refractivity contribution in [3.8, 4) is 74.2 Å². The SMILES string of the molecule is Cc1cc(C)c(B(c2c(C)cc(C)cc2C)c2c(C)cc(C)cc2C)c(C)c1.Cc1ccc(-n2c3ccc(C)cc3c3cc(C)ccc32)cc1.Cc1ccc(B(c2ccc(C)cc2)c2ccc(C)cc2)cc1.Cc1ccc(N(c2ccc(C)cc2)c2ccc(C)cc2)cc1.Cc1nnc(-c2cc(-c3nnc(C)n3C)cc(-c3nnc(C)n3C)c2)n1C.Cc1nnc(-c2cc(-c3nnc(C)o3)cc(-c3nnc(C)o3)c2)o1. The second-order valence-electron chi connectivity index (χ2n) is 39.0. The summed E-state index contributed by atoms with van der Waals surface area (Å²) in [6, 6.07) is 101. The van der Waals surface area contributed by atoms with Crippen LogP contribution in [0.15, 0.2) is 292 Å². The van der Waals surface area contributed by atoms with Gasteiger partial charge in [0.05, 0.1) is 11.0 Å². The third kappa shape index (κ3) is 23.4. The molecule has 0 saturated carbocycles. The predicted octanol–water partition coefficient (Wildman–Crippen LogP) is 24.7. The first-order valence-corrected chi connectivity index (χ1v) is 49.3. The first-order chi connectivity index (χ1) is 69.4. The van der Waals surface area contributed by atoms with Crippen LogP contribution in [0.2, 0.25) is 0 Å². The van der Waals surface area contributed by atoms with E-state index >= 15 is 0 Å². The lowest BCUT2D eigenvalue weighted by Gasteiger charge is -2.27. The summed E-state index contributed by atoms with van der Waals surface area (Å²) >= 11 is 0. The zero-order valence-corrected chi connectivity index (χ0v) is 88.5. The Hall–Kier alpha value is -16.4. The van der Waals surface area contributed by atoms with Crippen LogP contribution in [-0.2, 0) is 21.1 Å². The maximum Gasteiger partial charge on any atom is 0.247 e. The fourth-order valence-electron chi connectivity index (χ4n) is 19.2. The minimum absolute atomic E-state index is 0.266. The standard InChI is InChI=1S/C27H33B.C21H21B.C21H19N.C21H21N.C18H21N9.C15H12N6O3/c1-16-10-19(4)25(20(5)11-16)28(26-21(6)12-17(2)13-22(26)7)27-23(8)14-18(3)15-24(27)9;1-16-4-10-19(11-5-16)22(20-12-6-17(2)7-13-20)21-14-8-18(3)9-15-21;1-14-4-8-17(9-5-14)22-20-10-6-15(2)12-18(20)19-13-16(3)7-11-21(19)22;1-16-4-10-19(11-5-16)22(20-12-6-17(2)7-13-20)21-14-8-18(3)9-15-21;1-10-19-22-16(25(10)4)13-7-14(17-23-20-11(2)26(17)5)9-15(8-13)18-24-21-12(3)27(18)6;1-7-16-19-13(22-7)10-4-11(14-20-17-8(2)23-14)6-12(5-10)15-21-18-9(3)24-15/h10-15H,1-9H3;4-15H,1-3H3;4-13H,1-3H3;4-15H,1-3H3;7-9H,1-6H3;4-6H,1-3H3. The minimum Gasteiger partial charge on any atom is -0.421 e. The lowest BCUT2D eigenvalue weighted by atomic mass is 9.33. The van der Waals surface area contributed by atoms with E-state index in [0.717, 1.165) is 51.6 Å². The topological polar surface area (TPSA) is 217 Å². The molecule has 0 bridgehead atoms. The van der Waals surface area contributed by atoms with E-state index in [2.05, 4.69) is 456 Å². The number of aryl methyl sites for hydroxylation is 24. The molecule has 22 heteroatoms. The molecule has 0 amide bonds. The number of rotatable bonds is 16. The Labute approximate surface area is 853 Å². The molecule has 0 aliphatic carbocycles. The molecule has 0 N–H and O–H groups in total. The molecular formula is C123H127B2N17O3. The van der Waals surface area contributed by atoms with E-state index < -0.39 is 0 Å². The van der Waals surface area contributed by atoms with Gasteiger partial charge < -0.3 is 36.4 Å². The number of aromatic nitrogens is 16. The van der Waals surface area contributed by atoms with Crippen molar-refractivity contribution in [1.29, 1.82) is 0 Å². The maximum absolute atomic E-state index is 5.51. The molecule has 0 saturated heterocycles. The summed E-state index contributed by atoms with van der Waals surface area (Å²) in [6.45, 7) is 51.0. The van der Waals surface area contributed by atoms with Crippen LogP contribution in [0.4, 0.5) is 17.1 Å². The molecule has 14 aromatic carbocycles. The summed E-state index contributed by atoms with van der Waals surface area (Å²) in [4.78, 5) is 2.29. The van der Waals surface area contributed by atoms with E-state index in [4.69, 9.17) is 13.3 Å². The van der Waals surface area contributed by atoms with Crippen molar-refractivity contribution < 1.29 is 13.3 Å². The lowest BCUT2D eigenvalue weighted by Crippen LogP contribution is -2.57. The Bertz CT molecular complexity index is 7270. The molecule has 7 heterocycles. The van der Waals surface area contributed by atoms with Crippen molar-refractivity contribution in [3.63, 3.8) is 0 Å². The van der Waals surface area contributed by atoms with Crippen LogP contribution >= 0.6 is 0 Å². The van der Waals surface area contributed by atoms with E-state index in [-0.39, 0.29) is 6.71 Å². The third-order valence-corrected chi connectivity index (χ3v) is 26.8. The highest BCUT2D eigenvalue weighted by Crippen LogP contribution is 2.39. The molecule has 0 atom stereocenters. The minimum atomic E-state index is 0.266. The summed E-state index contributed by atoms with van der Waals surface area (Å²) in [5, 5.41) is 51.9. The van der Waals surface area contributed by atoms with Gasteiger partial charge in [0.25, 0.3) is 0 Å². The van der Waals surface area contributed by atoms with Crippen molar-refractivity contribution in [2.45, 2.75) is 166 Å². The maximum atomic E-state index is 5.51. The highest BCUT2D eigenvalue weighted by atomic mass is 16.4. The van der Waals surface area contributed by atoms with Crippen molar-refractivity contribution in [2.75, 3.05) is 4.90 Å². The van der Waals surface area contributed by atoms with Crippen LogP contribution in [0.1, 0.15) is 135 Å². The summed E-state index contributed by atoms with van der Waals surface area (Å²) in [5.74, 6) is 7.45. The van der Waals surface area contributed by atoms with Gasteiger partial charge in [-0.2, -0.15) is 0 Å². The molecule has 21 aromatic rings. The number of fused-ring (bicyclic) bond motifs is 3. The molecular weight excluding hydrogens is 1790 g/mol. The molecule has 145 heavy (non-hydrogen) atoms. The molecule has 20 nitrogen and oxygen atoms in total. The van der Waals surface area contributed by atoms with Gasteiger partial charge in [-0.05, 0) is 255 Å². The van der Waals surface area contributed by atoms with E-state index in [1.807, 2.05) is 73.8 Å². The molecule has 0 fully saturated rings. The number of anilines is 3. The van der Waals surface area contributed by atoms with Crippen LogP contribution in [0.5, 0.6) is 0 Å². The summed E-state index contributed by atoms with van der Waals surface area (Å²) in [7, 11) is 5.86. The first kappa shape index (κ1) is 102. The number of hydrogen-bond acceptors (Lipinski definition) is 16. The Balaban J connectivity index is 0.000000125. The van der Waals surface area contributed by atoms with E-state index in [1.165, 1.54) is 177 Å². The molecule has 0 unspecified atom stereocenters. The summed E-state index contributed by atoms with van der Waals surface area (Å²) < 4.78 is 24.8. The van der Waals surface area contributed by atoms with Crippen molar-refractivity contribution in [2.24, 2.45) is 21.1 Å². The lowest BCUT2D eigenvalue weighted by molar-refractivity contribution is 0.530. The van der Waals surface area contributed by atoms with Crippen LogP contribution < -0.4 is 37.7 Å². The third-order valence-electron chi connectivity index (χ3n) is 26.8. The Kier molecular flexibility index (Phi) is 30.8. The molecule has 0 aliphatic rings. The van der Waals surface area contributed by atoms with Gasteiger partial charge in [0.2, 0.25) is 48.8 Å². The van der Waals surface area contributed by atoms with Gasteiger partial charge in [0.15, 0.2) is 17.5 Å². The number of hydrogen-bond donors (Lipinski definition) is 0. The van der Waals surface area contributed by atoms with Gasteiger partial charge in [0, 0.05) is 109 Å². The number of benzene rings is 14. The Morgan fingerprint density at radius 3 is 0.683 bits per heavy atom. The van der Waals surface area contributed by atoms with Gasteiger partial charge in [-0.3, -0.25) is 0 Å². The molecule has 0 spiro atoms. The fourth-order valence-corrected chi connectivity index (χ4v) is 19.2. The van der Waals surface area contributed by atoms with E-state index in [9.17, 15) is 0 Å². The first-order valence-electron chi connectivity index (χ1n) is 49.3. The zero-order chi connectivity index (χ0) is 103. The normalized spacial score (nSPS) is 11.0. The van der Waals surface area contributed by atoms with Crippen molar-refractivity contribution >= 4 is 85.1 Å². The van der Waals surface area contributed by atoms with Crippen molar-refractivity contribution in [3.05, 3.63) is 414 Å². The highest BCUT2D eigenvalue weighted by Gasteiger charge is 2.32. The Morgan fingerprint density at radius 2 is 0.448 bits per heavy atom. The van der Waals surface area contributed by atoms with Crippen molar-refractivity contribution in [1.82, 2.24) is 79.5 Å². The molecule has 21 rings (SSSR count). The molecule has 7 aromatic heterocycles. The van der Waals surface area contributed by atoms with Gasteiger partial charge in [-0.1, -0.05) is 303 Å². The van der Waals surface area contributed by atoms with Gasteiger partial charge in [-0.25, -0.2) is 0 Å². The van der Waals surface area contributed by atoms with E-state index in [1.54, 1.807) is 20.8 Å². The second-order valence-corrected chi connectivity index (χ2v) is 39.0. The smallest absolute Gasteiger partial charge is 0.247 e. The average Bonchev–Trinajstić information content (AvgIpc) is 1.15. The van der Waals surface area contributed by atoms with Gasteiger partial charge in [0.1, 0.15) is 17.5 Å². The highest BCUT2D eigenvalue weighted by molar-refractivity contribution is 6.97. The average molecular weight is 1910 g/mol. The predicted molar refractivity (Wildman–Crippen MR) is 596 cm³/mol. The van der Waals surface area contributed by atoms with E-state index in [0.29, 0.717) is 58.7 Å². The molecule has 0 aliphatic heterocycles. The van der Waals surface area contributed by atoms with Gasteiger partial charge >= 0.3 is 0 Å². The van der Waals surface area contributed by atoms with Crippen LogP contribution in [0.3, 0.4) is 0 Å².